The zero-order chi connectivity index (χ0) is 22.9. The number of halogens is 2. The molecule has 0 spiro atoms. The number of rotatable bonds is 4. The molecule has 3 rings (SSSR count). The van der Waals surface area contributed by atoms with Crippen molar-refractivity contribution < 1.29 is 28.2 Å². The summed E-state index contributed by atoms with van der Waals surface area (Å²) < 4.78 is 35.0. The smallest absolute Gasteiger partial charge is 0.414 e. The number of benzene rings is 1. The lowest BCUT2D eigenvalue weighted by atomic mass is 9.84. The Bertz CT molecular complexity index is 907. The van der Waals surface area contributed by atoms with Crippen LogP contribution in [0, 0.1) is 17.0 Å². The van der Waals surface area contributed by atoms with Gasteiger partial charge in [0.1, 0.15) is 11.8 Å². The van der Waals surface area contributed by atoms with E-state index in [1.807, 2.05) is 20.8 Å². The average Bonchev–Trinajstić information content (AvgIpc) is 3.05. The number of carbonyl (C=O) groups excluding carboxylic acids is 1. The fourth-order valence-corrected chi connectivity index (χ4v) is 3.92. The van der Waals surface area contributed by atoms with E-state index in [1.165, 1.54) is 9.80 Å². The van der Waals surface area contributed by atoms with Gasteiger partial charge in [0.15, 0.2) is 11.6 Å². The van der Waals surface area contributed by atoms with Crippen molar-refractivity contribution in [1.82, 2.24) is 4.90 Å². The standard InChI is InChI=1S/C19H24F2N6O4/c1-19(2,3)15-10-25(4-5-26(15)17(28)29)16-13(20)6-11(7-14(16)21)27-9-12(8-23-24-22)31-18(27)30/h6-7,12,15H,4-5,8-10H2,1-3H3,(H,28,29)/t12?,15-/m0/s1. The zero-order valence-electron chi connectivity index (χ0n) is 17.5. The van der Waals surface area contributed by atoms with Crippen molar-refractivity contribution in [3.05, 3.63) is 34.2 Å². The van der Waals surface area contributed by atoms with E-state index in [2.05, 4.69) is 10.0 Å². The van der Waals surface area contributed by atoms with Crippen LogP contribution in [0.5, 0.6) is 0 Å². The molecule has 2 atom stereocenters. The van der Waals surface area contributed by atoms with Gasteiger partial charge < -0.3 is 19.6 Å². The lowest BCUT2D eigenvalue weighted by Crippen LogP contribution is -2.59. The predicted molar refractivity (Wildman–Crippen MR) is 108 cm³/mol. The molecule has 0 aliphatic carbocycles. The first-order valence-corrected chi connectivity index (χ1v) is 9.75. The fourth-order valence-electron chi connectivity index (χ4n) is 3.92. The molecule has 12 heteroatoms. The monoisotopic (exact) mass is 438 g/mol. The van der Waals surface area contributed by atoms with Gasteiger partial charge in [-0.3, -0.25) is 4.90 Å². The molecule has 2 heterocycles. The van der Waals surface area contributed by atoms with E-state index in [9.17, 15) is 23.5 Å². The summed E-state index contributed by atoms with van der Waals surface area (Å²) in [6.45, 7) is 5.91. The number of amides is 2. The Balaban J connectivity index is 1.85. The van der Waals surface area contributed by atoms with Crippen LogP contribution in [-0.4, -0.2) is 67.1 Å². The minimum Gasteiger partial charge on any atom is -0.465 e. The molecule has 2 aliphatic heterocycles. The van der Waals surface area contributed by atoms with Gasteiger partial charge in [0.05, 0.1) is 24.8 Å². The van der Waals surface area contributed by atoms with Crippen molar-refractivity contribution in [2.75, 3.05) is 42.5 Å². The van der Waals surface area contributed by atoms with E-state index >= 15 is 0 Å². The number of anilines is 2. The zero-order valence-corrected chi connectivity index (χ0v) is 17.5. The lowest BCUT2D eigenvalue weighted by molar-refractivity contribution is 0.0746. The van der Waals surface area contributed by atoms with Crippen LogP contribution in [0.15, 0.2) is 17.2 Å². The summed E-state index contributed by atoms with van der Waals surface area (Å²) in [4.78, 5) is 30.1. The first-order chi connectivity index (χ1) is 14.5. The second-order valence-electron chi connectivity index (χ2n) is 8.59. The third kappa shape index (κ3) is 4.58. The van der Waals surface area contributed by atoms with Crippen molar-refractivity contribution in [3.8, 4) is 0 Å². The van der Waals surface area contributed by atoms with Crippen LogP contribution in [-0.2, 0) is 4.74 Å². The van der Waals surface area contributed by atoms with Gasteiger partial charge in [-0.15, -0.1) is 0 Å². The third-order valence-electron chi connectivity index (χ3n) is 5.48. The van der Waals surface area contributed by atoms with Gasteiger partial charge >= 0.3 is 12.2 Å². The quantitative estimate of drug-likeness (QED) is 0.435. The van der Waals surface area contributed by atoms with Gasteiger partial charge in [0, 0.05) is 36.7 Å². The molecule has 2 fully saturated rings. The molecule has 1 unspecified atom stereocenters. The van der Waals surface area contributed by atoms with Crippen molar-refractivity contribution in [2.45, 2.75) is 32.9 Å². The van der Waals surface area contributed by atoms with Crippen molar-refractivity contribution in [2.24, 2.45) is 10.5 Å². The van der Waals surface area contributed by atoms with E-state index < -0.39 is 41.4 Å². The van der Waals surface area contributed by atoms with E-state index in [1.54, 1.807) is 0 Å². The second kappa shape index (κ2) is 8.46. The molecule has 2 saturated heterocycles. The molecule has 1 N–H and O–H groups in total. The Hall–Kier alpha value is -3.27. The molecule has 2 aliphatic rings. The van der Waals surface area contributed by atoms with Crippen LogP contribution < -0.4 is 9.80 Å². The highest BCUT2D eigenvalue weighted by Gasteiger charge is 2.40. The highest BCUT2D eigenvalue weighted by molar-refractivity contribution is 5.90. The van der Waals surface area contributed by atoms with Crippen LogP contribution in [0.4, 0.5) is 29.7 Å². The van der Waals surface area contributed by atoms with Crippen LogP contribution in [0.25, 0.3) is 10.4 Å². The van der Waals surface area contributed by atoms with Gasteiger partial charge in [-0.2, -0.15) is 0 Å². The molecule has 10 nitrogen and oxygen atoms in total. The summed E-state index contributed by atoms with van der Waals surface area (Å²) in [5, 5.41) is 12.8. The molecule has 1 aromatic rings. The molecular formula is C19H24F2N6O4. The van der Waals surface area contributed by atoms with Gasteiger partial charge in [-0.05, 0) is 10.9 Å². The van der Waals surface area contributed by atoms with Crippen molar-refractivity contribution in [1.29, 1.82) is 0 Å². The fraction of sp³-hybridized carbons (Fsp3) is 0.579. The van der Waals surface area contributed by atoms with E-state index in [0.29, 0.717) is 0 Å². The van der Waals surface area contributed by atoms with Crippen LogP contribution in [0.3, 0.4) is 0 Å². The van der Waals surface area contributed by atoms with Crippen LogP contribution >= 0.6 is 0 Å². The molecule has 2 amide bonds. The predicted octanol–water partition coefficient (Wildman–Crippen LogP) is 3.82. The van der Waals surface area contributed by atoms with Gasteiger partial charge in [-0.1, -0.05) is 25.9 Å². The normalized spacial score (nSPS) is 21.7. The summed E-state index contributed by atoms with van der Waals surface area (Å²) in [6, 6.07) is 1.63. The molecule has 168 valence electrons. The number of azide groups is 1. The maximum absolute atomic E-state index is 15.0. The average molecular weight is 438 g/mol. The number of piperazine rings is 1. The van der Waals surface area contributed by atoms with Gasteiger partial charge in [0.2, 0.25) is 0 Å². The summed E-state index contributed by atoms with van der Waals surface area (Å²) >= 11 is 0. The minimum atomic E-state index is -1.07. The highest BCUT2D eigenvalue weighted by atomic mass is 19.1. The molecule has 0 radical (unpaired) electrons. The number of carboxylic acid groups (broad SMARTS) is 1. The molecule has 31 heavy (non-hydrogen) atoms. The highest BCUT2D eigenvalue weighted by Crippen LogP contribution is 2.35. The van der Waals surface area contributed by atoms with Crippen molar-refractivity contribution >= 4 is 23.6 Å². The SMILES string of the molecule is CC(C)(C)[C@@H]1CN(c2c(F)cc(N3CC(CN=[N+]=[N-])OC3=O)cc2F)CCN1C(=O)O. The maximum Gasteiger partial charge on any atom is 0.414 e. The van der Waals surface area contributed by atoms with Crippen LogP contribution in [0.1, 0.15) is 20.8 Å². The molecule has 1 aromatic carbocycles. The maximum atomic E-state index is 15.0. The molecular weight excluding hydrogens is 414 g/mol. The molecule has 0 saturated carbocycles. The third-order valence-corrected chi connectivity index (χ3v) is 5.48. The Kier molecular flexibility index (Phi) is 6.12. The minimum absolute atomic E-state index is 0.000532. The summed E-state index contributed by atoms with van der Waals surface area (Å²) in [5.74, 6) is -1.73. The Morgan fingerprint density at radius 2 is 1.94 bits per heavy atom. The van der Waals surface area contributed by atoms with Crippen molar-refractivity contribution in [3.63, 3.8) is 0 Å². The Labute approximate surface area is 177 Å². The van der Waals surface area contributed by atoms with E-state index in [0.717, 1.165) is 17.0 Å². The second-order valence-corrected chi connectivity index (χ2v) is 8.59. The summed E-state index contributed by atoms with van der Waals surface area (Å²) in [6.07, 6.45) is -2.56. The number of cyclic esters (lactones) is 1. The van der Waals surface area contributed by atoms with Gasteiger partial charge in [-0.25, -0.2) is 18.4 Å². The first-order valence-electron chi connectivity index (χ1n) is 9.75. The summed E-state index contributed by atoms with van der Waals surface area (Å²) in [5.41, 5.74) is 7.67. The molecule has 0 aromatic heterocycles. The topological polar surface area (TPSA) is 122 Å². The van der Waals surface area contributed by atoms with E-state index in [4.69, 9.17) is 10.3 Å². The van der Waals surface area contributed by atoms with E-state index in [-0.39, 0.29) is 44.1 Å². The number of ether oxygens (including phenoxy) is 1. The molecule has 0 bridgehead atoms. The number of hydrogen-bond donors (Lipinski definition) is 1. The first kappa shape index (κ1) is 22.4. The Morgan fingerprint density at radius 1 is 1.29 bits per heavy atom. The Morgan fingerprint density at radius 3 is 2.48 bits per heavy atom. The largest absolute Gasteiger partial charge is 0.465 e. The summed E-state index contributed by atoms with van der Waals surface area (Å²) in [7, 11) is 0. The number of nitrogens with zero attached hydrogens (tertiary/aromatic N) is 6. The number of carbonyl (C=O) groups is 2. The lowest BCUT2D eigenvalue weighted by Gasteiger charge is -2.46. The number of hydrogen-bond acceptors (Lipinski definition) is 5. The van der Waals surface area contributed by atoms with Crippen LogP contribution in [0.2, 0.25) is 0 Å². The van der Waals surface area contributed by atoms with Gasteiger partial charge in [0.25, 0.3) is 0 Å².